The van der Waals surface area contributed by atoms with E-state index in [0.717, 1.165) is 61.3 Å². The van der Waals surface area contributed by atoms with E-state index in [1.807, 2.05) is 30.3 Å². The van der Waals surface area contributed by atoms with Gasteiger partial charge in [-0.25, -0.2) is 4.39 Å². The molecule has 134 valence electrons. The predicted octanol–water partition coefficient (Wildman–Crippen LogP) is 3.97. The van der Waals surface area contributed by atoms with E-state index in [2.05, 4.69) is 26.7 Å². The monoisotopic (exact) mass is 350 g/mol. The van der Waals surface area contributed by atoms with E-state index in [9.17, 15) is 4.39 Å². The molecule has 1 fully saturated rings. The second kappa shape index (κ2) is 7.38. The van der Waals surface area contributed by atoms with Gasteiger partial charge >= 0.3 is 0 Å². The first-order valence-corrected chi connectivity index (χ1v) is 9.23. The maximum Gasteiger partial charge on any atom is 0.147 e. The zero-order valence-electron chi connectivity index (χ0n) is 15.0. The Labute approximate surface area is 153 Å². The van der Waals surface area contributed by atoms with Gasteiger partial charge in [-0.2, -0.15) is 0 Å². The molecule has 0 atom stereocenters. The van der Waals surface area contributed by atoms with Gasteiger partial charge in [-0.05, 0) is 48.9 Å². The van der Waals surface area contributed by atoms with E-state index >= 15 is 0 Å². The highest BCUT2D eigenvalue weighted by atomic mass is 19.1. The van der Waals surface area contributed by atoms with Crippen LogP contribution in [0.4, 0.5) is 10.1 Å². The summed E-state index contributed by atoms with van der Waals surface area (Å²) >= 11 is 0. The van der Waals surface area contributed by atoms with Crippen LogP contribution >= 0.6 is 0 Å². The molecule has 0 N–H and O–H groups in total. The van der Waals surface area contributed by atoms with Crippen LogP contribution in [-0.2, 0) is 0 Å². The minimum Gasteiger partial charge on any atom is -0.367 e. The zero-order valence-corrected chi connectivity index (χ0v) is 15.0. The Morgan fingerprint density at radius 3 is 2.62 bits per heavy atom. The van der Waals surface area contributed by atoms with Gasteiger partial charge < -0.3 is 4.90 Å². The Bertz CT molecular complexity index is 898. The molecule has 0 unspecified atom stereocenters. The Balaban J connectivity index is 1.60. The third-order valence-electron chi connectivity index (χ3n) is 5.01. The van der Waals surface area contributed by atoms with Crippen molar-refractivity contribution in [3.63, 3.8) is 0 Å². The van der Waals surface area contributed by atoms with E-state index in [-0.39, 0.29) is 5.82 Å². The van der Waals surface area contributed by atoms with Crippen LogP contribution in [0.5, 0.6) is 0 Å². The van der Waals surface area contributed by atoms with Crippen LogP contribution < -0.4 is 4.90 Å². The quantitative estimate of drug-likeness (QED) is 0.713. The van der Waals surface area contributed by atoms with Crippen LogP contribution in [0, 0.1) is 5.82 Å². The first-order valence-electron chi connectivity index (χ1n) is 9.23. The highest BCUT2D eigenvalue weighted by Crippen LogP contribution is 2.30. The molecule has 1 aliphatic rings. The van der Waals surface area contributed by atoms with Crippen LogP contribution in [0.2, 0.25) is 0 Å². The van der Waals surface area contributed by atoms with Gasteiger partial charge in [0.1, 0.15) is 5.82 Å². The minimum absolute atomic E-state index is 0.174. The van der Waals surface area contributed by atoms with E-state index in [1.54, 1.807) is 18.5 Å². The van der Waals surface area contributed by atoms with Gasteiger partial charge in [-0.1, -0.05) is 13.0 Å². The molecule has 4 nitrogen and oxygen atoms in total. The molecule has 0 saturated carbocycles. The number of fused-ring (bicyclic) bond motifs is 1. The smallest absolute Gasteiger partial charge is 0.147 e. The van der Waals surface area contributed by atoms with Gasteiger partial charge in [0.15, 0.2) is 0 Å². The largest absolute Gasteiger partial charge is 0.367 e. The Kier molecular flexibility index (Phi) is 4.80. The van der Waals surface area contributed by atoms with Crippen molar-refractivity contribution in [3.05, 3.63) is 54.6 Å². The molecule has 5 heteroatoms. The first kappa shape index (κ1) is 16.9. The lowest BCUT2D eigenvalue weighted by atomic mass is 10.0. The van der Waals surface area contributed by atoms with Crippen LogP contribution in [-0.4, -0.2) is 47.6 Å². The second-order valence-electron chi connectivity index (χ2n) is 6.72. The van der Waals surface area contributed by atoms with Gasteiger partial charge in [0, 0.05) is 44.1 Å². The number of nitrogens with zero attached hydrogens (tertiary/aromatic N) is 4. The van der Waals surface area contributed by atoms with Gasteiger partial charge in [-0.3, -0.25) is 14.9 Å². The Hall–Kier alpha value is -2.53. The number of aromatic nitrogens is 2. The molecule has 3 aromatic rings. The van der Waals surface area contributed by atoms with Crippen LogP contribution in [0.3, 0.4) is 0 Å². The SMILES string of the molecule is CCCN1CCN(c2ccc(-c3ccnc4cccnc34)cc2F)CC1. The molecular weight excluding hydrogens is 327 g/mol. The van der Waals surface area contributed by atoms with Crippen molar-refractivity contribution in [2.75, 3.05) is 37.6 Å². The zero-order chi connectivity index (χ0) is 17.9. The average molecular weight is 350 g/mol. The molecule has 1 aliphatic heterocycles. The van der Waals surface area contributed by atoms with Crippen LogP contribution in [0.1, 0.15) is 13.3 Å². The van der Waals surface area contributed by atoms with E-state index < -0.39 is 0 Å². The second-order valence-corrected chi connectivity index (χ2v) is 6.72. The van der Waals surface area contributed by atoms with E-state index in [0.29, 0.717) is 5.69 Å². The fourth-order valence-corrected chi connectivity index (χ4v) is 3.67. The maximum atomic E-state index is 14.9. The van der Waals surface area contributed by atoms with Crippen molar-refractivity contribution in [1.29, 1.82) is 0 Å². The fraction of sp³-hybridized carbons (Fsp3) is 0.333. The fourth-order valence-electron chi connectivity index (χ4n) is 3.67. The summed E-state index contributed by atoms with van der Waals surface area (Å²) in [6.45, 7) is 7.05. The van der Waals surface area contributed by atoms with Gasteiger partial charge in [0.05, 0.1) is 16.7 Å². The van der Waals surface area contributed by atoms with Crippen LogP contribution in [0.25, 0.3) is 22.2 Å². The number of benzene rings is 1. The molecule has 0 amide bonds. The number of anilines is 1. The summed E-state index contributed by atoms with van der Waals surface area (Å²) in [5.41, 5.74) is 4.06. The average Bonchev–Trinajstić information content (AvgIpc) is 2.68. The lowest BCUT2D eigenvalue weighted by Crippen LogP contribution is -2.46. The van der Waals surface area contributed by atoms with Gasteiger partial charge in [0.2, 0.25) is 0 Å². The normalized spacial score (nSPS) is 15.5. The summed E-state index contributed by atoms with van der Waals surface area (Å²) in [6, 6.07) is 11.2. The summed E-state index contributed by atoms with van der Waals surface area (Å²) in [4.78, 5) is 13.3. The molecule has 1 aromatic carbocycles. The third-order valence-corrected chi connectivity index (χ3v) is 5.01. The summed E-state index contributed by atoms with van der Waals surface area (Å²) < 4.78 is 14.9. The van der Waals surface area contributed by atoms with Crippen molar-refractivity contribution in [1.82, 2.24) is 14.9 Å². The molecule has 1 saturated heterocycles. The number of pyridine rings is 2. The molecule has 26 heavy (non-hydrogen) atoms. The number of rotatable bonds is 4. The number of hydrogen-bond acceptors (Lipinski definition) is 4. The minimum atomic E-state index is -0.174. The molecule has 3 heterocycles. The lowest BCUT2D eigenvalue weighted by Gasteiger charge is -2.36. The predicted molar refractivity (Wildman–Crippen MR) is 104 cm³/mol. The van der Waals surface area contributed by atoms with Crippen molar-refractivity contribution in [3.8, 4) is 11.1 Å². The Morgan fingerprint density at radius 2 is 1.85 bits per heavy atom. The molecule has 0 aliphatic carbocycles. The highest BCUT2D eigenvalue weighted by molar-refractivity contribution is 5.91. The first-order chi connectivity index (χ1) is 12.8. The summed E-state index contributed by atoms with van der Waals surface area (Å²) in [5, 5.41) is 0. The van der Waals surface area contributed by atoms with Gasteiger partial charge in [0.25, 0.3) is 0 Å². The number of halogens is 1. The van der Waals surface area contributed by atoms with Crippen molar-refractivity contribution in [2.24, 2.45) is 0 Å². The van der Waals surface area contributed by atoms with Gasteiger partial charge in [-0.15, -0.1) is 0 Å². The van der Waals surface area contributed by atoms with Crippen molar-refractivity contribution >= 4 is 16.7 Å². The summed E-state index contributed by atoms with van der Waals surface area (Å²) in [6.07, 6.45) is 4.66. The van der Waals surface area contributed by atoms with Crippen molar-refractivity contribution in [2.45, 2.75) is 13.3 Å². The molecule has 0 bridgehead atoms. The standard InChI is InChI=1S/C21H23FN4/c1-2-10-25-11-13-26(14-12-25)20-6-5-16(15-18(20)22)17-7-9-23-19-4-3-8-24-21(17)19/h3-9,15H,2,10-14H2,1H3. The molecule has 2 aromatic heterocycles. The topological polar surface area (TPSA) is 32.3 Å². The third kappa shape index (κ3) is 3.27. The molecular formula is C21H23FN4. The number of hydrogen-bond donors (Lipinski definition) is 0. The summed E-state index contributed by atoms with van der Waals surface area (Å²) in [7, 11) is 0. The summed E-state index contributed by atoms with van der Waals surface area (Å²) in [5.74, 6) is -0.174. The lowest BCUT2D eigenvalue weighted by molar-refractivity contribution is 0.258. The van der Waals surface area contributed by atoms with Crippen molar-refractivity contribution < 1.29 is 4.39 Å². The number of piperazine rings is 1. The maximum absolute atomic E-state index is 14.9. The molecule has 4 rings (SSSR count). The van der Waals surface area contributed by atoms with E-state index in [4.69, 9.17) is 0 Å². The molecule has 0 radical (unpaired) electrons. The van der Waals surface area contributed by atoms with E-state index in [1.165, 1.54) is 0 Å². The van der Waals surface area contributed by atoms with Crippen LogP contribution in [0.15, 0.2) is 48.8 Å². The highest BCUT2D eigenvalue weighted by Gasteiger charge is 2.19. The molecule has 0 spiro atoms. The Morgan fingerprint density at radius 1 is 1.00 bits per heavy atom.